The average Bonchev–Trinajstić information content (AvgIpc) is 3.49. The van der Waals surface area contributed by atoms with Crippen LogP contribution in [-0.4, -0.2) is 29.6 Å². The molecule has 0 atom stereocenters. The molecule has 5 nitrogen and oxygen atoms in total. The predicted octanol–water partition coefficient (Wildman–Crippen LogP) is 5.30. The normalized spacial score (nSPS) is 13.7. The Labute approximate surface area is 169 Å². The molecule has 1 aliphatic carbocycles. The van der Waals surface area contributed by atoms with Crippen molar-refractivity contribution in [1.29, 1.82) is 0 Å². The number of aromatic nitrogens is 2. The summed E-state index contributed by atoms with van der Waals surface area (Å²) in [5, 5.41) is 5.70. The maximum Gasteiger partial charge on any atom is 0.337 e. The van der Waals surface area contributed by atoms with E-state index in [0.29, 0.717) is 5.56 Å². The van der Waals surface area contributed by atoms with Crippen LogP contribution in [0.25, 0.3) is 33.1 Å². The van der Waals surface area contributed by atoms with Crippen molar-refractivity contribution in [2.24, 2.45) is 5.92 Å². The second-order valence-corrected chi connectivity index (χ2v) is 7.86. The lowest BCUT2D eigenvalue weighted by Crippen LogP contribution is -2.06. The molecule has 1 saturated carbocycles. The van der Waals surface area contributed by atoms with E-state index < -0.39 is 0 Å². The first kappa shape index (κ1) is 17.7. The minimum absolute atomic E-state index is 0.336. The van der Waals surface area contributed by atoms with Crippen molar-refractivity contribution in [3.05, 3.63) is 59.8 Å². The smallest absolute Gasteiger partial charge is 0.337 e. The molecule has 146 valence electrons. The number of carbonyl (C=O) groups excluding carboxylic acids is 1. The number of pyridine rings is 1. The molecule has 0 bridgehead atoms. The van der Waals surface area contributed by atoms with E-state index in [1.165, 1.54) is 25.3 Å². The molecular formula is C24H23N3O2. The van der Waals surface area contributed by atoms with Gasteiger partial charge in [0.1, 0.15) is 0 Å². The zero-order chi connectivity index (χ0) is 20.0. The Morgan fingerprint density at radius 3 is 2.83 bits per heavy atom. The second kappa shape index (κ2) is 6.92. The Hall–Kier alpha value is -3.34. The highest BCUT2D eigenvalue weighted by molar-refractivity contribution is 6.00. The molecule has 2 aromatic heterocycles. The molecule has 1 aliphatic rings. The van der Waals surface area contributed by atoms with E-state index in [1.807, 2.05) is 12.1 Å². The summed E-state index contributed by atoms with van der Waals surface area (Å²) in [7, 11) is 1.40. The fraction of sp³-hybridized carbons (Fsp3) is 0.250. The van der Waals surface area contributed by atoms with Gasteiger partial charge in [-0.2, -0.15) is 0 Å². The van der Waals surface area contributed by atoms with Crippen molar-refractivity contribution in [3.63, 3.8) is 0 Å². The Morgan fingerprint density at radius 1 is 1.17 bits per heavy atom. The lowest BCUT2D eigenvalue weighted by Gasteiger charge is -2.13. The summed E-state index contributed by atoms with van der Waals surface area (Å²) >= 11 is 0. The van der Waals surface area contributed by atoms with Crippen LogP contribution in [0.15, 0.2) is 48.5 Å². The van der Waals surface area contributed by atoms with Gasteiger partial charge in [0.15, 0.2) is 0 Å². The standard InChI is InChI=1S/C24H23N3O2/c1-14-9-18-10-16(5-7-20(18)26-14)22-12-23(25-13-15-3-4-15)19-11-17(24(28)29-2)6-8-21(19)27-22/h5-12,15,26H,3-4,13H2,1-2H3,(H,25,27). The number of H-pyrrole nitrogens is 1. The number of hydrogen-bond donors (Lipinski definition) is 2. The number of fused-ring (bicyclic) bond motifs is 2. The highest BCUT2D eigenvalue weighted by Crippen LogP contribution is 2.33. The van der Waals surface area contributed by atoms with Gasteiger partial charge < -0.3 is 15.0 Å². The van der Waals surface area contributed by atoms with E-state index in [0.717, 1.165) is 51.5 Å². The summed E-state index contributed by atoms with van der Waals surface area (Å²) in [5.41, 5.74) is 6.67. The van der Waals surface area contributed by atoms with Crippen LogP contribution in [0.4, 0.5) is 5.69 Å². The van der Waals surface area contributed by atoms with Crippen LogP contribution >= 0.6 is 0 Å². The number of methoxy groups -OCH3 is 1. The van der Waals surface area contributed by atoms with Crippen LogP contribution in [0, 0.1) is 12.8 Å². The predicted molar refractivity (Wildman–Crippen MR) is 116 cm³/mol. The van der Waals surface area contributed by atoms with Gasteiger partial charge in [0.25, 0.3) is 0 Å². The van der Waals surface area contributed by atoms with Gasteiger partial charge in [0.2, 0.25) is 0 Å². The van der Waals surface area contributed by atoms with Crippen molar-refractivity contribution in [2.45, 2.75) is 19.8 Å². The molecule has 0 unspecified atom stereocenters. The number of nitrogens with zero attached hydrogens (tertiary/aromatic N) is 1. The van der Waals surface area contributed by atoms with Gasteiger partial charge >= 0.3 is 5.97 Å². The minimum Gasteiger partial charge on any atom is -0.465 e. The summed E-state index contributed by atoms with van der Waals surface area (Å²) < 4.78 is 4.89. The number of benzene rings is 2. The van der Waals surface area contributed by atoms with Gasteiger partial charge in [-0.1, -0.05) is 6.07 Å². The third kappa shape index (κ3) is 3.44. The second-order valence-electron chi connectivity index (χ2n) is 7.86. The van der Waals surface area contributed by atoms with E-state index in [1.54, 1.807) is 6.07 Å². The van der Waals surface area contributed by atoms with Crippen molar-refractivity contribution in [3.8, 4) is 11.3 Å². The molecule has 29 heavy (non-hydrogen) atoms. The van der Waals surface area contributed by atoms with Crippen LogP contribution in [-0.2, 0) is 4.74 Å². The third-order valence-electron chi connectivity index (χ3n) is 5.56. The Bertz CT molecular complexity index is 1240. The summed E-state index contributed by atoms with van der Waals surface area (Å²) in [6.07, 6.45) is 2.56. The number of esters is 1. The van der Waals surface area contributed by atoms with E-state index in [9.17, 15) is 4.79 Å². The maximum absolute atomic E-state index is 12.0. The lowest BCUT2D eigenvalue weighted by atomic mass is 10.0. The highest BCUT2D eigenvalue weighted by Gasteiger charge is 2.21. The van der Waals surface area contributed by atoms with Gasteiger partial charge in [-0.05, 0) is 68.1 Å². The number of carbonyl (C=O) groups is 1. The number of anilines is 1. The molecule has 0 amide bonds. The zero-order valence-electron chi connectivity index (χ0n) is 16.6. The number of nitrogens with one attached hydrogen (secondary N) is 2. The number of aromatic amines is 1. The molecule has 4 aromatic rings. The summed E-state index contributed by atoms with van der Waals surface area (Å²) in [4.78, 5) is 20.2. The Balaban J connectivity index is 1.63. The van der Waals surface area contributed by atoms with Crippen LogP contribution in [0.2, 0.25) is 0 Å². The van der Waals surface area contributed by atoms with E-state index >= 15 is 0 Å². The van der Waals surface area contributed by atoms with Crippen LogP contribution in [0.5, 0.6) is 0 Å². The first-order valence-electron chi connectivity index (χ1n) is 9.97. The average molecular weight is 385 g/mol. The largest absolute Gasteiger partial charge is 0.465 e. The van der Waals surface area contributed by atoms with E-state index in [4.69, 9.17) is 9.72 Å². The van der Waals surface area contributed by atoms with Crippen molar-refractivity contribution in [1.82, 2.24) is 9.97 Å². The van der Waals surface area contributed by atoms with Crippen LogP contribution in [0.1, 0.15) is 28.9 Å². The summed E-state index contributed by atoms with van der Waals surface area (Å²) in [5.74, 6) is 0.405. The highest BCUT2D eigenvalue weighted by atomic mass is 16.5. The maximum atomic E-state index is 12.0. The summed E-state index contributed by atoms with van der Waals surface area (Å²) in [6, 6.07) is 16.1. The third-order valence-corrected chi connectivity index (χ3v) is 5.56. The molecule has 0 saturated heterocycles. The van der Waals surface area contributed by atoms with E-state index in [2.05, 4.69) is 47.6 Å². The summed E-state index contributed by atoms with van der Waals surface area (Å²) in [6.45, 7) is 3.00. The molecule has 0 radical (unpaired) electrons. The molecule has 1 fully saturated rings. The number of ether oxygens (including phenoxy) is 1. The van der Waals surface area contributed by atoms with Gasteiger partial charge in [0.05, 0.1) is 23.9 Å². The quantitative estimate of drug-likeness (QED) is 0.458. The van der Waals surface area contributed by atoms with Gasteiger partial charge in [0, 0.05) is 39.8 Å². The number of aryl methyl sites for hydroxylation is 1. The fourth-order valence-electron chi connectivity index (χ4n) is 3.78. The van der Waals surface area contributed by atoms with Crippen molar-refractivity contribution in [2.75, 3.05) is 19.0 Å². The van der Waals surface area contributed by atoms with Gasteiger partial charge in [-0.15, -0.1) is 0 Å². The van der Waals surface area contributed by atoms with Gasteiger partial charge in [-0.25, -0.2) is 9.78 Å². The molecule has 0 spiro atoms. The van der Waals surface area contributed by atoms with Crippen molar-refractivity contribution < 1.29 is 9.53 Å². The molecule has 5 rings (SSSR count). The number of hydrogen-bond acceptors (Lipinski definition) is 4. The SMILES string of the molecule is COC(=O)c1ccc2nc(-c3ccc4[nH]c(C)cc4c3)cc(NCC3CC3)c2c1. The molecule has 2 aromatic carbocycles. The monoisotopic (exact) mass is 385 g/mol. The Morgan fingerprint density at radius 2 is 2.03 bits per heavy atom. The minimum atomic E-state index is -0.336. The first-order chi connectivity index (χ1) is 14.1. The van der Waals surface area contributed by atoms with Gasteiger partial charge in [-0.3, -0.25) is 0 Å². The van der Waals surface area contributed by atoms with Crippen LogP contribution in [0.3, 0.4) is 0 Å². The molecule has 5 heteroatoms. The Kier molecular flexibility index (Phi) is 4.23. The molecule has 2 heterocycles. The lowest BCUT2D eigenvalue weighted by molar-refractivity contribution is 0.0601. The van der Waals surface area contributed by atoms with E-state index in [-0.39, 0.29) is 5.97 Å². The van der Waals surface area contributed by atoms with Crippen molar-refractivity contribution >= 4 is 33.5 Å². The topological polar surface area (TPSA) is 67.0 Å². The zero-order valence-corrected chi connectivity index (χ0v) is 16.6. The van der Waals surface area contributed by atoms with Crippen LogP contribution < -0.4 is 5.32 Å². The molecular weight excluding hydrogens is 362 g/mol. The number of rotatable bonds is 5. The molecule has 2 N–H and O–H groups in total. The molecule has 0 aliphatic heterocycles. The fourth-order valence-corrected chi connectivity index (χ4v) is 3.78. The first-order valence-corrected chi connectivity index (χ1v) is 9.97.